The summed E-state index contributed by atoms with van der Waals surface area (Å²) >= 11 is 0. The van der Waals surface area contributed by atoms with Crippen molar-refractivity contribution in [1.82, 2.24) is 9.97 Å². The number of benzene rings is 1. The van der Waals surface area contributed by atoms with Gasteiger partial charge in [0.25, 0.3) is 0 Å². The van der Waals surface area contributed by atoms with Crippen molar-refractivity contribution in [2.75, 3.05) is 5.43 Å². The van der Waals surface area contributed by atoms with Crippen LogP contribution in [0.25, 0.3) is 0 Å². The van der Waals surface area contributed by atoms with Crippen LogP contribution in [0.5, 0.6) is 0 Å². The van der Waals surface area contributed by atoms with Gasteiger partial charge in [-0.2, -0.15) is 0 Å². The predicted molar refractivity (Wildman–Crippen MR) is 71.1 cm³/mol. The Kier molecular flexibility index (Phi) is 2.94. The summed E-state index contributed by atoms with van der Waals surface area (Å²) in [5.41, 5.74) is 5.45. The molecule has 0 saturated carbocycles. The molecular weight excluding hydrogens is 224 g/mol. The van der Waals surface area contributed by atoms with E-state index in [9.17, 15) is 0 Å². The van der Waals surface area contributed by atoms with Crippen LogP contribution < -0.4 is 11.3 Å². The molecule has 0 bridgehead atoms. The van der Waals surface area contributed by atoms with Gasteiger partial charge >= 0.3 is 0 Å². The number of nitrogen functional groups attached to an aromatic ring is 1. The van der Waals surface area contributed by atoms with Crippen molar-refractivity contribution in [3.8, 4) is 0 Å². The van der Waals surface area contributed by atoms with E-state index in [-0.39, 0.29) is 0 Å². The van der Waals surface area contributed by atoms with Gasteiger partial charge in [0, 0.05) is 18.2 Å². The Labute approximate surface area is 106 Å². The third-order valence-electron chi connectivity index (χ3n) is 3.53. The summed E-state index contributed by atoms with van der Waals surface area (Å²) in [6, 6.07) is 10.4. The lowest BCUT2D eigenvalue weighted by Crippen LogP contribution is -2.17. The van der Waals surface area contributed by atoms with Crippen LogP contribution in [-0.4, -0.2) is 9.97 Å². The second-order valence-electron chi connectivity index (χ2n) is 4.65. The number of hydrogen-bond acceptors (Lipinski definition) is 4. The second-order valence-corrected chi connectivity index (χ2v) is 4.65. The molecule has 2 aromatic rings. The molecule has 4 heteroatoms. The van der Waals surface area contributed by atoms with Gasteiger partial charge in [0.1, 0.15) is 11.6 Å². The Bertz CT molecular complexity index is 553. The van der Waals surface area contributed by atoms with Gasteiger partial charge in [-0.1, -0.05) is 24.3 Å². The molecule has 92 valence electrons. The minimum Gasteiger partial charge on any atom is -0.308 e. The summed E-state index contributed by atoms with van der Waals surface area (Å²) in [5.74, 6) is 7.35. The van der Waals surface area contributed by atoms with Crippen molar-refractivity contribution < 1.29 is 0 Å². The number of hydrogen-bond donors (Lipinski definition) is 2. The summed E-state index contributed by atoms with van der Waals surface area (Å²) in [6.45, 7) is 0. The van der Waals surface area contributed by atoms with Crippen LogP contribution in [-0.2, 0) is 12.8 Å². The van der Waals surface area contributed by atoms with Crippen molar-refractivity contribution >= 4 is 5.82 Å². The van der Waals surface area contributed by atoms with Crippen LogP contribution >= 0.6 is 0 Å². The molecule has 1 aromatic carbocycles. The Morgan fingerprint density at radius 1 is 1.17 bits per heavy atom. The molecule has 3 rings (SSSR count). The van der Waals surface area contributed by atoms with Crippen LogP contribution in [0.2, 0.25) is 0 Å². The number of nitrogens with zero attached hydrogens (tertiary/aromatic N) is 2. The molecule has 0 fully saturated rings. The van der Waals surface area contributed by atoms with Gasteiger partial charge in [-0.3, -0.25) is 0 Å². The number of rotatable bonds is 2. The third-order valence-corrected chi connectivity index (χ3v) is 3.53. The smallest absolute Gasteiger partial charge is 0.143 e. The molecule has 3 N–H and O–H groups in total. The van der Waals surface area contributed by atoms with E-state index in [4.69, 9.17) is 5.84 Å². The minimum absolute atomic E-state index is 0.396. The molecule has 1 aromatic heterocycles. The largest absolute Gasteiger partial charge is 0.308 e. The average molecular weight is 240 g/mol. The van der Waals surface area contributed by atoms with Crippen LogP contribution in [0.15, 0.2) is 36.5 Å². The Balaban J connectivity index is 1.87. The van der Waals surface area contributed by atoms with E-state index in [1.807, 2.05) is 0 Å². The number of hydrazine groups is 1. The Hall–Kier alpha value is -1.94. The van der Waals surface area contributed by atoms with Gasteiger partial charge in [0.15, 0.2) is 0 Å². The van der Waals surface area contributed by atoms with E-state index in [1.54, 1.807) is 12.3 Å². The monoisotopic (exact) mass is 240 g/mol. The number of nitrogens with two attached hydrogens (primary N) is 1. The molecule has 0 radical (unpaired) electrons. The molecule has 0 saturated heterocycles. The highest BCUT2D eigenvalue weighted by Gasteiger charge is 2.21. The summed E-state index contributed by atoms with van der Waals surface area (Å²) in [7, 11) is 0. The van der Waals surface area contributed by atoms with Crippen LogP contribution in [0.4, 0.5) is 5.82 Å². The fraction of sp³-hybridized carbons (Fsp3) is 0.286. The summed E-state index contributed by atoms with van der Waals surface area (Å²) in [6.07, 6.45) is 4.98. The number of anilines is 1. The average Bonchev–Trinajstić information content (AvgIpc) is 2.47. The number of aromatic nitrogens is 2. The van der Waals surface area contributed by atoms with Crippen molar-refractivity contribution in [1.29, 1.82) is 0 Å². The fourth-order valence-corrected chi connectivity index (χ4v) is 2.57. The molecule has 1 aliphatic carbocycles. The van der Waals surface area contributed by atoms with E-state index < -0.39 is 0 Å². The van der Waals surface area contributed by atoms with Gasteiger partial charge < -0.3 is 5.43 Å². The quantitative estimate of drug-likeness (QED) is 0.623. The maximum absolute atomic E-state index is 5.38. The fourth-order valence-electron chi connectivity index (χ4n) is 2.57. The highest BCUT2D eigenvalue weighted by molar-refractivity contribution is 5.34. The molecular formula is C14H16N4. The molecule has 1 aliphatic rings. The highest BCUT2D eigenvalue weighted by Crippen LogP contribution is 2.30. The highest BCUT2D eigenvalue weighted by atomic mass is 15.3. The third kappa shape index (κ3) is 2.07. The molecule has 18 heavy (non-hydrogen) atoms. The van der Waals surface area contributed by atoms with E-state index in [0.29, 0.717) is 11.7 Å². The molecule has 0 spiro atoms. The van der Waals surface area contributed by atoms with Crippen molar-refractivity contribution in [3.63, 3.8) is 0 Å². The van der Waals surface area contributed by atoms with Gasteiger partial charge in [0.05, 0.1) is 0 Å². The lowest BCUT2D eigenvalue weighted by atomic mass is 9.83. The SMILES string of the molecule is NNc1ccnc(C2CCc3ccccc3C2)n1. The number of nitrogens with one attached hydrogen (secondary N) is 1. The maximum Gasteiger partial charge on any atom is 0.143 e. The number of fused-ring (bicyclic) bond motifs is 1. The predicted octanol–water partition coefficient (Wildman–Crippen LogP) is 2.03. The first kappa shape index (κ1) is 11.2. The minimum atomic E-state index is 0.396. The molecule has 1 atom stereocenters. The normalized spacial score (nSPS) is 18.2. The standard InChI is InChI=1S/C14H16N4/c15-18-13-7-8-16-14(17-13)12-6-5-10-3-1-2-4-11(10)9-12/h1-4,7-8,12H,5-6,9,15H2,(H,16,17,18). The molecule has 1 unspecified atom stereocenters. The lowest BCUT2D eigenvalue weighted by Gasteiger charge is -2.23. The van der Waals surface area contributed by atoms with Crippen molar-refractivity contribution in [2.24, 2.45) is 5.84 Å². The topological polar surface area (TPSA) is 63.8 Å². The second kappa shape index (κ2) is 4.74. The maximum atomic E-state index is 5.38. The zero-order valence-corrected chi connectivity index (χ0v) is 10.1. The Morgan fingerprint density at radius 2 is 2.00 bits per heavy atom. The van der Waals surface area contributed by atoms with Crippen LogP contribution in [0.3, 0.4) is 0 Å². The zero-order chi connectivity index (χ0) is 12.4. The first-order valence-electron chi connectivity index (χ1n) is 6.23. The van der Waals surface area contributed by atoms with Crippen LogP contribution in [0, 0.1) is 0 Å². The summed E-state index contributed by atoms with van der Waals surface area (Å²) in [4.78, 5) is 8.82. The molecule has 1 heterocycles. The summed E-state index contributed by atoms with van der Waals surface area (Å²) < 4.78 is 0. The zero-order valence-electron chi connectivity index (χ0n) is 10.1. The molecule has 4 nitrogen and oxygen atoms in total. The first-order valence-corrected chi connectivity index (χ1v) is 6.23. The van der Waals surface area contributed by atoms with E-state index in [2.05, 4.69) is 39.7 Å². The number of aryl methyl sites for hydroxylation is 1. The summed E-state index contributed by atoms with van der Waals surface area (Å²) in [5, 5.41) is 0. The molecule has 0 amide bonds. The first-order chi connectivity index (χ1) is 8.86. The lowest BCUT2D eigenvalue weighted by molar-refractivity contribution is 0.555. The van der Waals surface area contributed by atoms with Crippen LogP contribution in [0.1, 0.15) is 29.3 Å². The van der Waals surface area contributed by atoms with E-state index in [0.717, 1.165) is 25.1 Å². The Morgan fingerprint density at radius 3 is 2.83 bits per heavy atom. The van der Waals surface area contributed by atoms with Crippen molar-refractivity contribution in [2.45, 2.75) is 25.2 Å². The van der Waals surface area contributed by atoms with Gasteiger partial charge in [-0.25, -0.2) is 15.8 Å². The van der Waals surface area contributed by atoms with E-state index in [1.165, 1.54) is 11.1 Å². The van der Waals surface area contributed by atoms with E-state index >= 15 is 0 Å². The van der Waals surface area contributed by atoms with Gasteiger partial charge in [-0.15, -0.1) is 0 Å². The van der Waals surface area contributed by atoms with Gasteiger partial charge in [-0.05, 0) is 30.4 Å². The van der Waals surface area contributed by atoms with Gasteiger partial charge in [0.2, 0.25) is 0 Å². The molecule has 0 aliphatic heterocycles. The van der Waals surface area contributed by atoms with Crippen molar-refractivity contribution in [3.05, 3.63) is 53.5 Å².